The normalized spacial score (nSPS) is 18.0. The summed E-state index contributed by atoms with van der Waals surface area (Å²) in [4.78, 5) is 20.6. The summed E-state index contributed by atoms with van der Waals surface area (Å²) in [5.41, 5.74) is 0.298. The van der Waals surface area contributed by atoms with Crippen molar-refractivity contribution in [3.8, 4) is 0 Å². The number of halogens is 3. The Morgan fingerprint density at radius 1 is 1.16 bits per heavy atom. The molecule has 1 fully saturated rings. The maximum atomic E-state index is 13.1. The molecular formula is C21H25F3N4O3S. The SMILES string of the molecule is Cc1cc(N(C)C)ncc1C(=O)N1CCN(S(=O)(=O)c2ccc(C(F)(F)F)cc2)CC1C. The monoisotopic (exact) mass is 470 g/mol. The first kappa shape index (κ1) is 24.0. The first-order chi connectivity index (χ1) is 14.8. The van der Waals surface area contributed by atoms with Crippen molar-refractivity contribution in [3.63, 3.8) is 0 Å². The molecule has 1 saturated heterocycles. The molecule has 0 bridgehead atoms. The molecule has 0 aliphatic carbocycles. The lowest BCUT2D eigenvalue weighted by molar-refractivity contribution is -0.137. The number of rotatable bonds is 4. The molecule has 0 N–H and O–H groups in total. The second-order valence-electron chi connectivity index (χ2n) is 7.98. The number of carbonyl (C=O) groups excluding carboxylic acids is 1. The lowest BCUT2D eigenvalue weighted by Crippen LogP contribution is -2.55. The van der Waals surface area contributed by atoms with Gasteiger partial charge in [0.2, 0.25) is 10.0 Å². The van der Waals surface area contributed by atoms with Crippen LogP contribution in [0.5, 0.6) is 0 Å². The molecular weight excluding hydrogens is 445 g/mol. The van der Waals surface area contributed by atoms with Crippen LogP contribution >= 0.6 is 0 Å². The third kappa shape index (κ3) is 4.73. The summed E-state index contributed by atoms with van der Waals surface area (Å²) in [6.45, 7) is 3.80. The molecule has 0 spiro atoms. The Labute approximate surface area is 185 Å². The summed E-state index contributed by atoms with van der Waals surface area (Å²) in [7, 11) is -0.286. The minimum Gasteiger partial charge on any atom is -0.363 e. The zero-order valence-corrected chi connectivity index (χ0v) is 19.0. The second kappa shape index (κ2) is 8.70. The van der Waals surface area contributed by atoms with Crippen LogP contribution in [0, 0.1) is 6.92 Å². The predicted octanol–water partition coefficient (Wildman–Crippen LogP) is 3.01. The summed E-state index contributed by atoms with van der Waals surface area (Å²) in [5.74, 6) is 0.485. The van der Waals surface area contributed by atoms with Crippen LogP contribution in [0.15, 0.2) is 41.4 Å². The fourth-order valence-corrected chi connectivity index (χ4v) is 5.09. The van der Waals surface area contributed by atoms with Crippen molar-refractivity contribution in [2.75, 3.05) is 38.6 Å². The number of sulfonamides is 1. The summed E-state index contributed by atoms with van der Waals surface area (Å²) in [5, 5.41) is 0. The van der Waals surface area contributed by atoms with Crippen molar-refractivity contribution in [2.24, 2.45) is 0 Å². The van der Waals surface area contributed by atoms with E-state index in [-0.39, 0.29) is 30.4 Å². The van der Waals surface area contributed by atoms with Crippen LogP contribution in [0.2, 0.25) is 0 Å². The summed E-state index contributed by atoms with van der Waals surface area (Å²) in [6.07, 6.45) is -3.02. The van der Waals surface area contributed by atoms with Crippen LogP contribution in [0.25, 0.3) is 0 Å². The molecule has 1 aromatic heterocycles. The summed E-state index contributed by atoms with van der Waals surface area (Å²) < 4.78 is 65.3. The molecule has 32 heavy (non-hydrogen) atoms. The lowest BCUT2D eigenvalue weighted by atomic mass is 10.1. The standard InChI is InChI=1S/C21H25F3N4O3S/c1-14-11-19(26(3)4)25-12-18(14)20(29)28-10-9-27(13-15(28)2)32(30,31)17-7-5-16(6-8-17)21(22,23)24/h5-8,11-12,15H,9-10,13H2,1-4H3. The molecule has 7 nitrogen and oxygen atoms in total. The van der Waals surface area contributed by atoms with Gasteiger partial charge >= 0.3 is 6.18 Å². The highest BCUT2D eigenvalue weighted by Crippen LogP contribution is 2.30. The van der Waals surface area contributed by atoms with Crippen molar-refractivity contribution in [3.05, 3.63) is 53.2 Å². The van der Waals surface area contributed by atoms with E-state index in [9.17, 15) is 26.4 Å². The molecule has 2 aromatic rings. The van der Waals surface area contributed by atoms with E-state index in [4.69, 9.17) is 0 Å². The van der Waals surface area contributed by atoms with E-state index in [1.54, 1.807) is 11.8 Å². The molecule has 11 heteroatoms. The zero-order chi connectivity index (χ0) is 23.8. The predicted molar refractivity (Wildman–Crippen MR) is 114 cm³/mol. The number of pyridine rings is 1. The number of carbonyl (C=O) groups is 1. The Hall–Kier alpha value is -2.66. The van der Waals surface area contributed by atoms with Crippen LogP contribution in [0.4, 0.5) is 19.0 Å². The molecule has 174 valence electrons. The number of benzene rings is 1. The van der Waals surface area contributed by atoms with Gasteiger partial charge in [0.15, 0.2) is 0 Å². The quantitative estimate of drug-likeness (QED) is 0.687. The Balaban J connectivity index is 1.75. The van der Waals surface area contributed by atoms with Crippen molar-refractivity contribution >= 4 is 21.7 Å². The third-order valence-electron chi connectivity index (χ3n) is 5.46. The average Bonchev–Trinajstić information content (AvgIpc) is 2.72. The van der Waals surface area contributed by atoms with Gasteiger partial charge in [0.25, 0.3) is 5.91 Å². The van der Waals surface area contributed by atoms with Crippen LogP contribution in [-0.2, 0) is 16.2 Å². The van der Waals surface area contributed by atoms with Gasteiger partial charge in [-0.05, 0) is 49.7 Å². The second-order valence-corrected chi connectivity index (χ2v) is 9.92. The average molecular weight is 471 g/mol. The van der Waals surface area contributed by atoms with Crippen LogP contribution in [0.3, 0.4) is 0 Å². The number of hydrogen-bond donors (Lipinski definition) is 0. The van der Waals surface area contributed by atoms with Crippen LogP contribution in [0.1, 0.15) is 28.4 Å². The van der Waals surface area contributed by atoms with Gasteiger partial charge < -0.3 is 9.80 Å². The van der Waals surface area contributed by atoms with Gasteiger partial charge in [-0.3, -0.25) is 4.79 Å². The van der Waals surface area contributed by atoms with Gasteiger partial charge in [0.1, 0.15) is 5.82 Å². The number of aromatic nitrogens is 1. The number of amides is 1. The maximum absolute atomic E-state index is 13.1. The van der Waals surface area contributed by atoms with E-state index in [0.29, 0.717) is 5.56 Å². The molecule has 1 amide bonds. The number of alkyl halides is 3. The highest BCUT2D eigenvalue weighted by Gasteiger charge is 2.36. The number of nitrogens with zero attached hydrogens (tertiary/aromatic N) is 4. The van der Waals surface area contributed by atoms with E-state index in [1.807, 2.05) is 32.0 Å². The van der Waals surface area contributed by atoms with E-state index >= 15 is 0 Å². The Kier molecular flexibility index (Phi) is 6.52. The van der Waals surface area contributed by atoms with Gasteiger partial charge in [-0.25, -0.2) is 13.4 Å². The van der Waals surface area contributed by atoms with E-state index < -0.39 is 27.8 Å². The Bertz CT molecular complexity index is 1100. The molecule has 2 heterocycles. The van der Waals surface area contributed by atoms with E-state index in [0.717, 1.165) is 35.6 Å². The molecule has 1 aliphatic rings. The van der Waals surface area contributed by atoms with Crippen molar-refractivity contribution in [1.29, 1.82) is 0 Å². The fraction of sp³-hybridized carbons (Fsp3) is 0.429. The fourth-order valence-electron chi connectivity index (χ4n) is 3.57. The minimum absolute atomic E-state index is 0.0390. The molecule has 1 atom stereocenters. The van der Waals surface area contributed by atoms with Gasteiger partial charge in [-0.15, -0.1) is 0 Å². The molecule has 0 saturated carbocycles. The number of anilines is 1. The third-order valence-corrected chi connectivity index (χ3v) is 7.33. The largest absolute Gasteiger partial charge is 0.416 e. The van der Waals surface area contributed by atoms with Crippen molar-refractivity contribution in [1.82, 2.24) is 14.2 Å². The first-order valence-electron chi connectivity index (χ1n) is 9.94. The Morgan fingerprint density at radius 3 is 2.28 bits per heavy atom. The van der Waals surface area contributed by atoms with Crippen molar-refractivity contribution < 1.29 is 26.4 Å². The maximum Gasteiger partial charge on any atom is 0.416 e. The van der Waals surface area contributed by atoms with Gasteiger partial charge in [-0.2, -0.15) is 17.5 Å². The van der Waals surface area contributed by atoms with Crippen LogP contribution in [-0.4, -0.2) is 68.3 Å². The minimum atomic E-state index is -4.54. The van der Waals surface area contributed by atoms with Gasteiger partial charge in [0.05, 0.1) is 16.0 Å². The zero-order valence-electron chi connectivity index (χ0n) is 18.2. The van der Waals surface area contributed by atoms with Gasteiger partial charge in [0, 0.05) is 46.0 Å². The molecule has 3 rings (SSSR count). The van der Waals surface area contributed by atoms with E-state index in [2.05, 4.69) is 4.98 Å². The first-order valence-corrected chi connectivity index (χ1v) is 11.4. The molecule has 1 unspecified atom stereocenters. The number of aryl methyl sites for hydroxylation is 1. The lowest BCUT2D eigenvalue weighted by Gasteiger charge is -2.39. The van der Waals surface area contributed by atoms with Crippen molar-refractivity contribution in [2.45, 2.75) is 31.0 Å². The number of piperazine rings is 1. The smallest absolute Gasteiger partial charge is 0.363 e. The number of hydrogen-bond acceptors (Lipinski definition) is 5. The summed E-state index contributed by atoms with van der Waals surface area (Å²) >= 11 is 0. The van der Waals surface area contributed by atoms with E-state index in [1.165, 1.54) is 10.5 Å². The Morgan fingerprint density at radius 2 is 1.78 bits per heavy atom. The molecule has 1 aromatic carbocycles. The highest BCUT2D eigenvalue weighted by molar-refractivity contribution is 7.89. The van der Waals surface area contributed by atoms with Crippen LogP contribution < -0.4 is 4.90 Å². The molecule has 0 radical (unpaired) electrons. The topological polar surface area (TPSA) is 73.8 Å². The molecule has 1 aliphatic heterocycles. The van der Waals surface area contributed by atoms with Gasteiger partial charge in [-0.1, -0.05) is 0 Å². The highest BCUT2D eigenvalue weighted by atomic mass is 32.2. The summed E-state index contributed by atoms with van der Waals surface area (Å²) in [6, 6.07) is 4.81.